The van der Waals surface area contributed by atoms with Crippen LogP contribution in [0.25, 0.3) is 0 Å². The van der Waals surface area contributed by atoms with E-state index in [0.717, 1.165) is 13.0 Å². The highest BCUT2D eigenvalue weighted by molar-refractivity contribution is 6.35. The lowest BCUT2D eigenvalue weighted by molar-refractivity contribution is -0.139. The summed E-state index contributed by atoms with van der Waals surface area (Å²) in [6.45, 7) is 12.7. The molecule has 1 fully saturated rings. The number of amides is 3. The van der Waals surface area contributed by atoms with Crippen molar-refractivity contribution in [2.45, 2.75) is 33.2 Å². The van der Waals surface area contributed by atoms with Gasteiger partial charge in [0.05, 0.1) is 18.2 Å². The van der Waals surface area contributed by atoms with Gasteiger partial charge in [0.25, 0.3) is 0 Å². The van der Waals surface area contributed by atoms with Gasteiger partial charge < -0.3 is 15.0 Å². The van der Waals surface area contributed by atoms with E-state index in [1.165, 1.54) is 4.90 Å². The minimum Gasteiger partial charge on any atom is -0.463 e. The van der Waals surface area contributed by atoms with Crippen LogP contribution in [0.15, 0.2) is 42.1 Å². The Hall–Kier alpha value is -2.55. The van der Waals surface area contributed by atoms with Crippen LogP contribution in [0.3, 0.4) is 0 Å². The van der Waals surface area contributed by atoms with Gasteiger partial charge in [0, 0.05) is 60.9 Å². The molecule has 2 heterocycles. The maximum atomic E-state index is 13.3. The molecule has 0 bridgehead atoms. The largest absolute Gasteiger partial charge is 0.463 e. The molecule has 0 spiro atoms. The minimum atomic E-state index is -0.802. The second kappa shape index (κ2) is 12.6. The normalized spacial score (nSPS) is 19.3. The fraction of sp³-hybridized carbons (Fsp3) is 0.500. The van der Waals surface area contributed by atoms with Crippen LogP contribution in [-0.4, -0.2) is 78.5 Å². The number of carbonyl (C=O) groups is 3. The lowest BCUT2D eigenvalue weighted by atomic mass is 9.94. The molecule has 2 aliphatic rings. The third kappa shape index (κ3) is 6.41. The summed E-state index contributed by atoms with van der Waals surface area (Å²) in [5.41, 5.74) is 1.41. The van der Waals surface area contributed by atoms with Crippen LogP contribution in [0, 0.1) is 5.92 Å². The molecule has 1 aromatic rings. The van der Waals surface area contributed by atoms with Gasteiger partial charge >= 0.3 is 12.0 Å². The molecule has 10 heteroatoms. The average Bonchev–Trinajstić information content (AvgIpc) is 3.06. The predicted molar refractivity (Wildman–Crippen MR) is 141 cm³/mol. The zero-order valence-corrected chi connectivity index (χ0v) is 22.6. The molecule has 8 nitrogen and oxygen atoms in total. The molecule has 0 saturated carbocycles. The van der Waals surface area contributed by atoms with Gasteiger partial charge in [-0.05, 0) is 31.0 Å². The first-order valence-corrected chi connectivity index (χ1v) is 13.0. The molecule has 0 radical (unpaired) electrons. The van der Waals surface area contributed by atoms with E-state index in [0.29, 0.717) is 53.1 Å². The van der Waals surface area contributed by atoms with Gasteiger partial charge in [-0.1, -0.05) is 49.2 Å². The van der Waals surface area contributed by atoms with E-state index < -0.39 is 12.0 Å². The Kier molecular flexibility index (Phi) is 9.82. The van der Waals surface area contributed by atoms with Crippen molar-refractivity contribution in [3.8, 4) is 0 Å². The number of rotatable bonds is 8. The van der Waals surface area contributed by atoms with Gasteiger partial charge in [0.2, 0.25) is 5.91 Å². The Labute approximate surface area is 222 Å². The van der Waals surface area contributed by atoms with Gasteiger partial charge in [-0.2, -0.15) is 0 Å². The monoisotopic (exact) mass is 536 g/mol. The highest BCUT2D eigenvalue weighted by atomic mass is 35.5. The predicted octanol–water partition coefficient (Wildman–Crippen LogP) is 4.25. The van der Waals surface area contributed by atoms with Gasteiger partial charge in [-0.3, -0.25) is 14.6 Å². The fourth-order valence-electron chi connectivity index (χ4n) is 4.54. The summed E-state index contributed by atoms with van der Waals surface area (Å²) < 4.78 is 5.44. The maximum Gasteiger partial charge on any atom is 0.338 e. The van der Waals surface area contributed by atoms with E-state index >= 15 is 0 Å². The van der Waals surface area contributed by atoms with Crippen LogP contribution in [-0.2, 0) is 14.3 Å². The quantitative estimate of drug-likeness (QED) is 0.396. The molecule has 2 aliphatic heterocycles. The van der Waals surface area contributed by atoms with Gasteiger partial charge in [0.15, 0.2) is 0 Å². The number of esters is 1. The average molecular weight is 537 g/mol. The lowest BCUT2D eigenvalue weighted by Crippen LogP contribution is -2.51. The van der Waals surface area contributed by atoms with Gasteiger partial charge in [-0.15, -0.1) is 6.58 Å². The van der Waals surface area contributed by atoms with Crippen LogP contribution >= 0.6 is 23.2 Å². The third-order valence-electron chi connectivity index (χ3n) is 6.29. The standard InChI is InChI=1S/C26H34Cl2N4O4/c1-5-10-32-21(16-30-11-7-12-31(14-13-30)24(33)17(3)4)22(25(34)36-6-2)23(29-26(32)35)19-9-8-18(27)15-20(19)28/h5,8-9,15,17,23H,1,6-7,10-14,16H2,2-4H3,(H,29,35)/t23-/m1/s1. The molecule has 1 saturated heterocycles. The zero-order valence-electron chi connectivity index (χ0n) is 21.1. The molecule has 3 amide bonds. The van der Waals surface area contributed by atoms with Crippen molar-refractivity contribution in [3.05, 3.63) is 57.7 Å². The molecule has 0 aromatic heterocycles. The van der Waals surface area contributed by atoms with Gasteiger partial charge in [0.1, 0.15) is 0 Å². The topological polar surface area (TPSA) is 82.2 Å². The summed E-state index contributed by atoms with van der Waals surface area (Å²) in [6.07, 6.45) is 2.41. The zero-order chi connectivity index (χ0) is 26.4. The van der Waals surface area contributed by atoms with Crippen molar-refractivity contribution >= 4 is 41.1 Å². The van der Waals surface area contributed by atoms with E-state index in [1.54, 1.807) is 31.2 Å². The molecule has 0 unspecified atom stereocenters. The molecule has 3 rings (SSSR count). The number of carbonyl (C=O) groups excluding carboxylic acids is 3. The van der Waals surface area contributed by atoms with Crippen LogP contribution < -0.4 is 5.32 Å². The Morgan fingerprint density at radius 1 is 1.22 bits per heavy atom. The second-order valence-corrected chi connectivity index (χ2v) is 9.98. The Morgan fingerprint density at radius 2 is 1.97 bits per heavy atom. The molecule has 36 heavy (non-hydrogen) atoms. The summed E-state index contributed by atoms with van der Waals surface area (Å²) in [7, 11) is 0. The first kappa shape index (κ1) is 28.0. The fourth-order valence-corrected chi connectivity index (χ4v) is 5.06. The number of hydrogen-bond acceptors (Lipinski definition) is 5. The van der Waals surface area contributed by atoms with E-state index in [-0.39, 0.29) is 31.0 Å². The molecule has 1 N–H and O–H groups in total. The molecule has 1 atom stereocenters. The van der Waals surface area contributed by atoms with Crippen LogP contribution in [0.5, 0.6) is 0 Å². The number of halogens is 2. The highest BCUT2D eigenvalue weighted by Gasteiger charge is 2.39. The summed E-state index contributed by atoms with van der Waals surface area (Å²) in [6, 6.07) is 3.79. The number of nitrogens with zero attached hydrogens (tertiary/aromatic N) is 3. The SMILES string of the molecule is C=CCN1C(=O)N[C@H](c2ccc(Cl)cc2Cl)C(C(=O)OCC)=C1CN1CCCN(C(=O)C(C)C)CC1. The molecular weight excluding hydrogens is 503 g/mol. The minimum absolute atomic E-state index is 0.0651. The lowest BCUT2D eigenvalue weighted by Gasteiger charge is -2.38. The third-order valence-corrected chi connectivity index (χ3v) is 6.85. The first-order chi connectivity index (χ1) is 17.2. The Balaban J connectivity index is 2.03. The molecule has 196 valence electrons. The van der Waals surface area contributed by atoms with E-state index in [1.807, 2.05) is 18.7 Å². The summed E-state index contributed by atoms with van der Waals surface area (Å²) in [5, 5.41) is 3.70. The van der Waals surface area contributed by atoms with Crippen molar-refractivity contribution in [1.29, 1.82) is 0 Å². The molecule has 1 aromatic carbocycles. The second-order valence-electron chi connectivity index (χ2n) is 9.14. The van der Waals surface area contributed by atoms with Crippen LogP contribution in [0.4, 0.5) is 4.79 Å². The van der Waals surface area contributed by atoms with Crippen molar-refractivity contribution in [2.24, 2.45) is 5.92 Å². The number of nitrogens with one attached hydrogen (secondary N) is 1. The molecule has 0 aliphatic carbocycles. The van der Waals surface area contributed by atoms with Crippen LogP contribution in [0.1, 0.15) is 38.8 Å². The maximum absolute atomic E-state index is 13.3. The van der Waals surface area contributed by atoms with Gasteiger partial charge in [-0.25, -0.2) is 9.59 Å². The Bertz CT molecular complexity index is 1040. The van der Waals surface area contributed by atoms with Crippen molar-refractivity contribution in [2.75, 3.05) is 45.9 Å². The van der Waals surface area contributed by atoms with E-state index in [2.05, 4.69) is 16.8 Å². The van der Waals surface area contributed by atoms with E-state index in [4.69, 9.17) is 27.9 Å². The number of ether oxygens (including phenoxy) is 1. The Morgan fingerprint density at radius 3 is 2.61 bits per heavy atom. The summed E-state index contributed by atoms with van der Waals surface area (Å²) in [5.74, 6) is -0.459. The van der Waals surface area contributed by atoms with Crippen LogP contribution in [0.2, 0.25) is 10.0 Å². The summed E-state index contributed by atoms with van der Waals surface area (Å²) >= 11 is 12.6. The van der Waals surface area contributed by atoms with Crippen molar-refractivity contribution < 1.29 is 19.1 Å². The number of hydrogen-bond donors (Lipinski definition) is 1. The van der Waals surface area contributed by atoms with E-state index in [9.17, 15) is 14.4 Å². The molecular formula is C26H34Cl2N4O4. The first-order valence-electron chi connectivity index (χ1n) is 12.2. The number of benzene rings is 1. The smallest absolute Gasteiger partial charge is 0.338 e. The van der Waals surface area contributed by atoms with Crippen molar-refractivity contribution in [3.63, 3.8) is 0 Å². The van der Waals surface area contributed by atoms with Crippen molar-refractivity contribution in [1.82, 2.24) is 20.0 Å². The highest BCUT2D eigenvalue weighted by Crippen LogP contribution is 2.36. The number of urea groups is 1. The summed E-state index contributed by atoms with van der Waals surface area (Å²) in [4.78, 5) is 44.7.